The lowest BCUT2D eigenvalue weighted by Gasteiger charge is -2.29. The van der Waals surface area contributed by atoms with Crippen LogP contribution in [-0.4, -0.2) is 49.3 Å². The molecule has 0 aliphatic carbocycles. The average Bonchev–Trinajstić information content (AvgIpc) is 3.55. The number of aryl methyl sites for hydroxylation is 1. The number of ether oxygens (including phenoxy) is 3. The Morgan fingerprint density at radius 1 is 1.17 bits per heavy atom. The first-order chi connectivity index (χ1) is 17.2. The van der Waals surface area contributed by atoms with Gasteiger partial charge in [-0.1, -0.05) is 0 Å². The molecule has 11 heteroatoms. The number of aromatic nitrogens is 5. The molecule has 0 unspecified atom stereocenters. The molecule has 1 atom stereocenters. The molecule has 0 radical (unpaired) electrons. The smallest absolute Gasteiger partial charge is 0.416 e. The predicted molar refractivity (Wildman–Crippen MR) is 128 cm³/mol. The highest BCUT2D eigenvalue weighted by Gasteiger charge is 2.37. The fourth-order valence-electron chi connectivity index (χ4n) is 4.80. The van der Waals surface area contributed by atoms with Gasteiger partial charge in [-0.2, -0.15) is 5.10 Å². The van der Waals surface area contributed by atoms with E-state index in [1.807, 2.05) is 19.2 Å². The molecule has 6 rings (SSSR count). The van der Waals surface area contributed by atoms with Crippen molar-refractivity contribution in [2.45, 2.75) is 38.8 Å². The van der Waals surface area contributed by atoms with Crippen molar-refractivity contribution in [3.05, 3.63) is 53.7 Å². The number of amides is 1. The molecule has 0 saturated heterocycles. The number of anilines is 1. The maximum atomic E-state index is 15.3. The van der Waals surface area contributed by atoms with E-state index in [1.165, 1.54) is 17.3 Å². The van der Waals surface area contributed by atoms with Crippen molar-refractivity contribution in [1.29, 1.82) is 0 Å². The fourth-order valence-corrected chi connectivity index (χ4v) is 4.80. The molecule has 0 N–H and O–H groups in total. The number of benzene rings is 1. The zero-order chi connectivity index (χ0) is 25.2. The summed E-state index contributed by atoms with van der Waals surface area (Å²) in [4.78, 5) is 15.0. The molecule has 2 aliphatic rings. The first-order valence-electron chi connectivity index (χ1n) is 11.6. The van der Waals surface area contributed by atoms with Crippen molar-refractivity contribution in [1.82, 2.24) is 24.4 Å². The minimum absolute atomic E-state index is 0.0848. The summed E-state index contributed by atoms with van der Waals surface area (Å²) in [6.07, 6.45) is 2.55. The minimum atomic E-state index is -0.777. The van der Waals surface area contributed by atoms with E-state index in [1.54, 1.807) is 42.1 Å². The highest BCUT2D eigenvalue weighted by molar-refractivity contribution is 5.91. The number of nitrogens with zero attached hydrogens (tertiary/aromatic N) is 6. The van der Waals surface area contributed by atoms with Crippen LogP contribution in [0.5, 0.6) is 11.5 Å². The third-order valence-electron chi connectivity index (χ3n) is 6.34. The number of carbonyl (C=O) groups is 1. The monoisotopic (exact) mass is 492 g/mol. The van der Waals surface area contributed by atoms with Crippen molar-refractivity contribution < 1.29 is 23.4 Å². The molecule has 1 amide bonds. The largest absolute Gasteiger partial charge is 0.493 e. The summed E-state index contributed by atoms with van der Waals surface area (Å²) in [6.45, 7) is 5.85. The van der Waals surface area contributed by atoms with Crippen LogP contribution in [0, 0.1) is 5.82 Å². The van der Waals surface area contributed by atoms with Crippen LogP contribution in [-0.2, 0) is 18.3 Å². The van der Waals surface area contributed by atoms with Gasteiger partial charge in [0.15, 0.2) is 17.2 Å². The maximum Gasteiger partial charge on any atom is 0.416 e. The van der Waals surface area contributed by atoms with Crippen LogP contribution in [0.1, 0.15) is 37.8 Å². The highest BCUT2D eigenvalue weighted by atomic mass is 19.1. The van der Waals surface area contributed by atoms with Crippen LogP contribution < -0.4 is 14.4 Å². The quantitative estimate of drug-likeness (QED) is 0.395. The summed E-state index contributed by atoms with van der Waals surface area (Å²) in [7, 11) is 1.83. The number of halogens is 1. The Morgan fingerprint density at radius 3 is 2.67 bits per heavy atom. The molecule has 0 spiro atoms. The maximum absolute atomic E-state index is 15.3. The second kappa shape index (κ2) is 7.94. The molecule has 3 aromatic heterocycles. The topological polar surface area (TPSA) is 96.0 Å². The Morgan fingerprint density at radius 2 is 1.94 bits per heavy atom. The number of pyridine rings is 1. The van der Waals surface area contributed by atoms with Gasteiger partial charge in [0.05, 0.1) is 31.4 Å². The van der Waals surface area contributed by atoms with E-state index in [4.69, 9.17) is 14.2 Å². The van der Waals surface area contributed by atoms with Crippen LogP contribution >= 0.6 is 0 Å². The second-order valence-corrected chi connectivity index (χ2v) is 9.93. The van der Waals surface area contributed by atoms with Crippen molar-refractivity contribution in [2.24, 2.45) is 7.05 Å². The zero-order valence-corrected chi connectivity index (χ0v) is 20.4. The van der Waals surface area contributed by atoms with Crippen LogP contribution in [0.15, 0.2) is 36.8 Å². The Labute approximate surface area is 206 Å². The molecular weight excluding hydrogens is 467 g/mol. The van der Waals surface area contributed by atoms with Crippen molar-refractivity contribution >= 4 is 17.6 Å². The molecule has 0 saturated carbocycles. The van der Waals surface area contributed by atoms with Gasteiger partial charge >= 0.3 is 6.09 Å². The average molecular weight is 493 g/mol. The summed E-state index contributed by atoms with van der Waals surface area (Å²) >= 11 is 0. The van der Waals surface area contributed by atoms with Crippen LogP contribution in [0.3, 0.4) is 0 Å². The molecule has 186 valence electrons. The van der Waals surface area contributed by atoms with Gasteiger partial charge in [0.1, 0.15) is 23.5 Å². The summed E-state index contributed by atoms with van der Waals surface area (Å²) < 4.78 is 36.6. The van der Waals surface area contributed by atoms with E-state index >= 15 is 4.39 Å². The molecule has 5 heterocycles. The zero-order valence-electron chi connectivity index (χ0n) is 20.4. The van der Waals surface area contributed by atoms with E-state index in [0.29, 0.717) is 40.7 Å². The third-order valence-corrected chi connectivity index (χ3v) is 6.34. The van der Waals surface area contributed by atoms with Crippen molar-refractivity contribution in [3.63, 3.8) is 0 Å². The van der Waals surface area contributed by atoms with Gasteiger partial charge in [-0.15, -0.1) is 10.2 Å². The SMILES string of the molecule is Cn1nccc1-c1cc2c(n3cnnc13)N(C(=O)OC(C)(C)C)Cc1c(F)ccc3c1[C@H](CO3)CO2. The summed E-state index contributed by atoms with van der Waals surface area (Å²) in [5.74, 6) is 0.737. The first kappa shape index (κ1) is 22.3. The van der Waals surface area contributed by atoms with Gasteiger partial charge in [-0.3, -0.25) is 14.0 Å². The minimum Gasteiger partial charge on any atom is -0.493 e. The first-order valence-corrected chi connectivity index (χ1v) is 11.6. The van der Waals surface area contributed by atoms with Gasteiger partial charge in [0.25, 0.3) is 0 Å². The van der Waals surface area contributed by atoms with Crippen LogP contribution in [0.2, 0.25) is 0 Å². The summed E-state index contributed by atoms with van der Waals surface area (Å²) in [5, 5.41) is 12.7. The number of carbonyl (C=O) groups excluding carboxylic acids is 1. The summed E-state index contributed by atoms with van der Waals surface area (Å²) in [5.41, 5.74) is 2.32. The Bertz CT molecular complexity index is 1500. The van der Waals surface area contributed by atoms with Crippen LogP contribution in [0.4, 0.5) is 15.0 Å². The lowest BCUT2D eigenvalue weighted by Crippen LogP contribution is -2.38. The van der Waals surface area contributed by atoms with Crippen molar-refractivity contribution in [2.75, 3.05) is 18.1 Å². The third kappa shape index (κ3) is 3.53. The van der Waals surface area contributed by atoms with E-state index < -0.39 is 17.5 Å². The Hall–Kier alpha value is -4.15. The van der Waals surface area contributed by atoms with Gasteiger partial charge in [-0.05, 0) is 45.0 Å². The molecule has 36 heavy (non-hydrogen) atoms. The van der Waals surface area contributed by atoms with Gasteiger partial charge in [-0.25, -0.2) is 9.18 Å². The van der Waals surface area contributed by atoms with Gasteiger partial charge in [0, 0.05) is 29.9 Å². The number of rotatable bonds is 1. The highest BCUT2D eigenvalue weighted by Crippen LogP contribution is 2.44. The number of fused-ring (bicyclic) bond motifs is 3. The predicted octanol–water partition coefficient (Wildman–Crippen LogP) is 4.08. The second-order valence-electron chi connectivity index (χ2n) is 9.93. The van der Waals surface area contributed by atoms with E-state index in [2.05, 4.69) is 15.3 Å². The Kier molecular flexibility index (Phi) is 4.92. The molecule has 1 aromatic carbocycles. The molecule has 0 fully saturated rings. The van der Waals surface area contributed by atoms with Crippen molar-refractivity contribution in [3.8, 4) is 22.8 Å². The van der Waals surface area contributed by atoms with Gasteiger partial charge < -0.3 is 14.2 Å². The molecule has 2 aliphatic heterocycles. The molecule has 0 bridgehead atoms. The number of hydrogen-bond acceptors (Lipinski definition) is 7. The normalized spacial score (nSPS) is 16.9. The summed E-state index contributed by atoms with van der Waals surface area (Å²) in [6, 6.07) is 6.66. The fraction of sp³-hybridized carbons (Fsp3) is 0.360. The standard InChI is InChI=1S/C25H25FN6O4/c1-25(2,3)36-24(33)31-10-16-17(26)5-6-19-21(16)14(11-34-19)12-35-20-9-15(18-7-8-28-30(18)4)22-29-27-13-32(22)23(20)31/h5-9,13-14H,10-12H2,1-4H3/t14-/m1/s1. The van der Waals surface area contributed by atoms with E-state index in [0.717, 1.165) is 11.3 Å². The number of hydrogen-bond donors (Lipinski definition) is 0. The van der Waals surface area contributed by atoms with Gasteiger partial charge in [0.2, 0.25) is 0 Å². The molecule has 4 aromatic rings. The lowest BCUT2D eigenvalue weighted by atomic mass is 9.95. The lowest BCUT2D eigenvalue weighted by molar-refractivity contribution is 0.0574. The van der Waals surface area contributed by atoms with E-state index in [9.17, 15) is 4.79 Å². The Balaban J connectivity index is 1.61. The van der Waals surface area contributed by atoms with Crippen LogP contribution in [0.25, 0.3) is 16.9 Å². The molecule has 10 nitrogen and oxygen atoms in total. The molecular formula is C25H25FN6O4. The van der Waals surface area contributed by atoms with E-state index in [-0.39, 0.29) is 19.1 Å².